The fraction of sp³-hybridized carbons (Fsp3) is 1.00. The van der Waals surface area contributed by atoms with Crippen molar-refractivity contribution in [2.24, 2.45) is 17.8 Å². The molecule has 13 heavy (non-hydrogen) atoms. The van der Waals surface area contributed by atoms with Gasteiger partial charge >= 0.3 is 0 Å². The van der Waals surface area contributed by atoms with E-state index in [0.29, 0.717) is 17.9 Å². The second kappa shape index (κ2) is 2.94. The number of halogens is 1. The summed E-state index contributed by atoms with van der Waals surface area (Å²) >= 11 is 0. The van der Waals surface area contributed by atoms with Crippen LogP contribution in [0.5, 0.6) is 0 Å². The van der Waals surface area contributed by atoms with Gasteiger partial charge < -0.3 is 5.32 Å². The van der Waals surface area contributed by atoms with Crippen molar-refractivity contribution in [3.05, 3.63) is 0 Å². The Hall–Kier alpha value is -0.110. The Kier molecular flexibility index (Phi) is 1.86. The first kappa shape index (κ1) is 8.22. The van der Waals surface area contributed by atoms with Crippen molar-refractivity contribution in [2.45, 2.75) is 44.3 Å². The van der Waals surface area contributed by atoms with Crippen molar-refractivity contribution >= 4 is 0 Å². The summed E-state index contributed by atoms with van der Waals surface area (Å²) in [6, 6.07) is 0.514. The molecule has 1 nitrogen and oxygen atoms in total. The minimum atomic E-state index is -0.486. The Morgan fingerprint density at radius 2 is 2.00 bits per heavy atom. The molecule has 2 heteroatoms. The van der Waals surface area contributed by atoms with Crippen LogP contribution >= 0.6 is 0 Å². The summed E-state index contributed by atoms with van der Waals surface area (Å²) < 4.78 is 13.9. The predicted octanol–water partition coefficient (Wildman–Crippen LogP) is 2.12. The maximum Gasteiger partial charge on any atom is 0.108 e. The van der Waals surface area contributed by atoms with Crippen molar-refractivity contribution in [3.8, 4) is 0 Å². The molecule has 0 spiro atoms. The lowest BCUT2D eigenvalue weighted by molar-refractivity contribution is 0.0189. The van der Waals surface area contributed by atoms with Crippen LogP contribution in [0.15, 0.2) is 0 Å². The lowest BCUT2D eigenvalue weighted by Crippen LogP contribution is -2.56. The Morgan fingerprint density at radius 3 is 2.54 bits per heavy atom. The SMILES string of the molecule is F[C@H]1[C@H]2CC[C@H](NC2)[C@@H]1CC1CC1. The summed E-state index contributed by atoms with van der Waals surface area (Å²) in [5, 5.41) is 3.49. The van der Waals surface area contributed by atoms with Gasteiger partial charge in [0.1, 0.15) is 6.17 Å². The molecule has 0 radical (unpaired) electrons. The van der Waals surface area contributed by atoms with Crippen LogP contribution in [-0.2, 0) is 0 Å². The van der Waals surface area contributed by atoms with Gasteiger partial charge in [0.05, 0.1) is 0 Å². The molecule has 4 atom stereocenters. The van der Waals surface area contributed by atoms with Crippen molar-refractivity contribution < 1.29 is 4.39 Å². The maximum atomic E-state index is 13.9. The quantitative estimate of drug-likeness (QED) is 0.691. The normalized spacial score (nSPS) is 49.6. The zero-order chi connectivity index (χ0) is 8.84. The van der Waals surface area contributed by atoms with E-state index < -0.39 is 6.17 Å². The molecule has 0 unspecified atom stereocenters. The van der Waals surface area contributed by atoms with E-state index in [1.165, 1.54) is 19.3 Å². The van der Waals surface area contributed by atoms with Crippen LogP contribution in [0.4, 0.5) is 4.39 Å². The van der Waals surface area contributed by atoms with E-state index in [-0.39, 0.29) is 0 Å². The molecule has 1 N–H and O–H groups in total. The van der Waals surface area contributed by atoms with Gasteiger partial charge in [-0.05, 0) is 25.2 Å². The van der Waals surface area contributed by atoms with Gasteiger partial charge in [-0.25, -0.2) is 4.39 Å². The third-order valence-electron chi connectivity index (χ3n) is 4.17. The minimum absolute atomic E-state index is 0.341. The maximum absolute atomic E-state index is 13.9. The molecule has 2 aliphatic heterocycles. The van der Waals surface area contributed by atoms with Crippen LogP contribution in [0, 0.1) is 17.8 Å². The topological polar surface area (TPSA) is 12.0 Å². The van der Waals surface area contributed by atoms with Gasteiger partial charge in [0.25, 0.3) is 0 Å². The number of piperidine rings is 2. The molecule has 4 rings (SSSR count). The van der Waals surface area contributed by atoms with E-state index in [4.69, 9.17) is 0 Å². The molecule has 0 aromatic rings. The van der Waals surface area contributed by atoms with Gasteiger partial charge in [-0.1, -0.05) is 12.8 Å². The minimum Gasteiger partial charge on any atom is -0.313 e. The molecule has 2 heterocycles. The van der Waals surface area contributed by atoms with Crippen LogP contribution in [-0.4, -0.2) is 18.8 Å². The first-order valence-electron chi connectivity index (χ1n) is 5.72. The van der Waals surface area contributed by atoms with Gasteiger partial charge in [-0.2, -0.15) is 0 Å². The average Bonchev–Trinajstić information content (AvgIpc) is 2.96. The van der Waals surface area contributed by atoms with E-state index >= 15 is 0 Å². The van der Waals surface area contributed by atoms with E-state index in [9.17, 15) is 4.39 Å². The highest BCUT2D eigenvalue weighted by atomic mass is 19.1. The largest absolute Gasteiger partial charge is 0.313 e. The Morgan fingerprint density at radius 1 is 1.15 bits per heavy atom. The number of hydrogen-bond donors (Lipinski definition) is 1. The summed E-state index contributed by atoms with van der Waals surface area (Å²) in [5.41, 5.74) is 0. The zero-order valence-corrected chi connectivity index (χ0v) is 8.01. The van der Waals surface area contributed by atoms with Gasteiger partial charge in [0.15, 0.2) is 0 Å². The van der Waals surface area contributed by atoms with Crippen LogP contribution in [0.25, 0.3) is 0 Å². The molecular formula is C11H18FN. The van der Waals surface area contributed by atoms with Gasteiger partial charge in [-0.15, -0.1) is 0 Å². The highest BCUT2D eigenvalue weighted by Crippen LogP contribution is 2.44. The first-order valence-corrected chi connectivity index (χ1v) is 5.72. The molecule has 2 bridgehead atoms. The van der Waals surface area contributed by atoms with Crippen LogP contribution in [0.3, 0.4) is 0 Å². The molecule has 2 saturated heterocycles. The predicted molar refractivity (Wildman–Crippen MR) is 50.2 cm³/mol. The summed E-state index contributed by atoms with van der Waals surface area (Å²) in [5.74, 6) is 1.58. The summed E-state index contributed by atoms with van der Waals surface area (Å²) in [6.45, 7) is 0.938. The van der Waals surface area contributed by atoms with E-state index in [1.807, 2.05) is 0 Å². The summed E-state index contributed by atoms with van der Waals surface area (Å²) in [7, 11) is 0. The Bertz CT molecular complexity index is 192. The fourth-order valence-corrected chi connectivity index (χ4v) is 3.14. The molecular weight excluding hydrogens is 165 g/mol. The number of fused-ring (bicyclic) bond motifs is 3. The monoisotopic (exact) mass is 183 g/mol. The summed E-state index contributed by atoms with van der Waals surface area (Å²) in [6.07, 6.45) is 5.75. The smallest absolute Gasteiger partial charge is 0.108 e. The number of alkyl halides is 1. The third kappa shape index (κ3) is 1.39. The van der Waals surface area contributed by atoms with Crippen molar-refractivity contribution in [1.29, 1.82) is 0 Å². The molecule has 74 valence electrons. The van der Waals surface area contributed by atoms with Crippen molar-refractivity contribution in [2.75, 3.05) is 6.54 Å². The van der Waals surface area contributed by atoms with E-state index in [0.717, 1.165) is 25.3 Å². The van der Waals surface area contributed by atoms with Crippen molar-refractivity contribution in [1.82, 2.24) is 5.32 Å². The van der Waals surface area contributed by atoms with Gasteiger partial charge in [0.2, 0.25) is 0 Å². The second-order valence-corrected chi connectivity index (χ2v) is 5.14. The zero-order valence-electron chi connectivity index (χ0n) is 8.01. The van der Waals surface area contributed by atoms with E-state index in [1.54, 1.807) is 0 Å². The average molecular weight is 183 g/mol. The van der Waals surface area contributed by atoms with Crippen LogP contribution < -0.4 is 5.32 Å². The number of hydrogen-bond acceptors (Lipinski definition) is 1. The van der Waals surface area contributed by atoms with Gasteiger partial charge in [0, 0.05) is 24.4 Å². The Balaban J connectivity index is 1.70. The highest BCUT2D eigenvalue weighted by molar-refractivity contribution is 4.99. The van der Waals surface area contributed by atoms with Crippen molar-refractivity contribution in [3.63, 3.8) is 0 Å². The third-order valence-corrected chi connectivity index (χ3v) is 4.17. The molecule has 2 aliphatic carbocycles. The molecule has 0 amide bonds. The lowest BCUT2D eigenvalue weighted by atomic mass is 9.71. The fourth-order valence-electron chi connectivity index (χ4n) is 3.14. The lowest BCUT2D eigenvalue weighted by Gasteiger charge is -2.46. The molecule has 4 aliphatic rings. The molecule has 0 aromatic carbocycles. The van der Waals surface area contributed by atoms with Crippen LogP contribution in [0.1, 0.15) is 32.1 Å². The molecule has 2 saturated carbocycles. The first-order chi connectivity index (χ1) is 6.34. The second-order valence-electron chi connectivity index (χ2n) is 5.14. The van der Waals surface area contributed by atoms with Gasteiger partial charge in [-0.3, -0.25) is 0 Å². The molecule has 4 fully saturated rings. The number of nitrogens with one attached hydrogen (secondary N) is 1. The summed E-state index contributed by atoms with van der Waals surface area (Å²) in [4.78, 5) is 0. The molecule has 0 aromatic heterocycles. The van der Waals surface area contributed by atoms with E-state index in [2.05, 4.69) is 5.32 Å². The standard InChI is InChI=1S/C11H18FN/c12-11-8-3-4-10(13-6-8)9(11)5-7-1-2-7/h7-11,13H,1-6H2/t8-,9-,10-,11-/m0/s1. The number of rotatable bonds is 2. The highest BCUT2D eigenvalue weighted by Gasteiger charge is 2.45. The Labute approximate surface area is 79.1 Å². The van der Waals surface area contributed by atoms with Crippen LogP contribution in [0.2, 0.25) is 0 Å².